The molecule has 1 atom stereocenters. The maximum atomic E-state index is 12.1. The molecule has 2 rings (SSSR count). The van der Waals surface area contributed by atoms with E-state index in [0.29, 0.717) is 32.4 Å². The summed E-state index contributed by atoms with van der Waals surface area (Å²) in [5, 5.41) is 14.5. The lowest BCUT2D eigenvalue weighted by Gasteiger charge is -2.19. The minimum Gasteiger partial charge on any atom is -0.396 e. The van der Waals surface area contributed by atoms with Crippen molar-refractivity contribution in [2.75, 3.05) is 26.2 Å². The molecule has 3 amide bonds. The van der Waals surface area contributed by atoms with Crippen molar-refractivity contribution in [2.24, 2.45) is 0 Å². The van der Waals surface area contributed by atoms with Crippen LogP contribution in [0.5, 0.6) is 0 Å². The first-order valence-corrected chi connectivity index (χ1v) is 5.65. The van der Waals surface area contributed by atoms with E-state index in [9.17, 15) is 9.59 Å². The Kier molecular flexibility index (Phi) is 3.11. The number of hydrogen-bond donors (Lipinski definition) is 3. The molecule has 90 valence electrons. The summed E-state index contributed by atoms with van der Waals surface area (Å²) in [4.78, 5) is 25.0. The van der Waals surface area contributed by atoms with Crippen LogP contribution in [0, 0.1) is 0 Å². The topological polar surface area (TPSA) is 81.7 Å². The Morgan fingerprint density at radius 2 is 2.19 bits per heavy atom. The molecule has 0 aromatic rings. The molecule has 1 spiro atoms. The highest BCUT2D eigenvalue weighted by Crippen LogP contribution is 2.24. The normalized spacial score (nSPS) is 29.2. The summed E-state index contributed by atoms with van der Waals surface area (Å²) < 4.78 is 0. The van der Waals surface area contributed by atoms with E-state index in [1.165, 1.54) is 4.90 Å². The molecule has 0 aromatic heterocycles. The standard InChI is InChI=1S/C10H17N3O3/c14-6-2-1-5-13-8(15)10(12-9(13)16)3-4-11-7-10/h11,14H,1-7H2,(H,12,16). The lowest BCUT2D eigenvalue weighted by atomic mass is 9.99. The Morgan fingerprint density at radius 3 is 2.81 bits per heavy atom. The summed E-state index contributed by atoms with van der Waals surface area (Å²) in [6.07, 6.45) is 1.93. The average Bonchev–Trinajstić information content (AvgIpc) is 2.80. The number of amides is 3. The second kappa shape index (κ2) is 4.39. The quantitative estimate of drug-likeness (QED) is 0.427. The van der Waals surface area contributed by atoms with E-state index in [-0.39, 0.29) is 18.5 Å². The summed E-state index contributed by atoms with van der Waals surface area (Å²) in [6.45, 7) is 1.77. The zero-order chi connectivity index (χ0) is 11.6. The number of rotatable bonds is 4. The first kappa shape index (κ1) is 11.3. The first-order chi connectivity index (χ1) is 7.69. The van der Waals surface area contributed by atoms with Crippen LogP contribution in [0.4, 0.5) is 4.79 Å². The first-order valence-electron chi connectivity index (χ1n) is 5.65. The highest BCUT2D eigenvalue weighted by molar-refractivity contribution is 6.07. The number of carbonyl (C=O) groups is 2. The molecule has 0 bridgehead atoms. The molecule has 6 heteroatoms. The SMILES string of the molecule is O=C1NC2(CCNC2)C(=O)N1CCCCO. The summed E-state index contributed by atoms with van der Waals surface area (Å²) >= 11 is 0. The Bertz CT molecular complexity index is 300. The summed E-state index contributed by atoms with van der Waals surface area (Å²) in [5.41, 5.74) is -0.698. The predicted molar refractivity (Wildman–Crippen MR) is 56.8 cm³/mol. The molecule has 1 unspecified atom stereocenters. The number of imide groups is 1. The lowest BCUT2D eigenvalue weighted by molar-refractivity contribution is -0.130. The molecule has 0 saturated carbocycles. The van der Waals surface area contributed by atoms with Crippen LogP contribution < -0.4 is 10.6 Å². The monoisotopic (exact) mass is 227 g/mol. The molecule has 0 radical (unpaired) electrons. The van der Waals surface area contributed by atoms with E-state index < -0.39 is 5.54 Å². The Labute approximate surface area is 94.0 Å². The van der Waals surface area contributed by atoms with Gasteiger partial charge in [0.15, 0.2) is 0 Å². The van der Waals surface area contributed by atoms with Gasteiger partial charge in [-0.2, -0.15) is 0 Å². The van der Waals surface area contributed by atoms with Crippen molar-refractivity contribution in [1.82, 2.24) is 15.5 Å². The zero-order valence-corrected chi connectivity index (χ0v) is 9.16. The van der Waals surface area contributed by atoms with E-state index in [1.54, 1.807) is 0 Å². The summed E-state index contributed by atoms with van der Waals surface area (Å²) in [5.74, 6) is -0.125. The molecular formula is C10H17N3O3. The van der Waals surface area contributed by atoms with E-state index in [0.717, 1.165) is 6.54 Å². The van der Waals surface area contributed by atoms with Gasteiger partial charge in [-0.25, -0.2) is 4.79 Å². The van der Waals surface area contributed by atoms with Gasteiger partial charge in [-0.05, 0) is 25.8 Å². The molecule has 6 nitrogen and oxygen atoms in total. The van der Waals surface area contributed by atoms with Gasteiger partial charge in [0, 0.05) is 19.7 Å². The van der Waals surface area contributed by atoms with Gasteiger partial charge in [0.1, 0.15) is 5.54 Å². The van der Waals surface area contributed by atoms with Crippen LogP contribution in [0.1, 0.15) is 19.3 Å². The number of hydrogen-bond acceptors (Lipinski definition) is 4. The fraction of sp³-hybridized carbons (Fsp3) is 0.800. The van der Waals surface area contributed by atoms with Crippen molar-refractivity contribution >= 4 is 11.9 Å². The Morgan fingerprint density at radius 1 is 1.38 bits per heavy atom. The Hall–Kier alpha value is -1.14. The van der Waals surface area contributed by atoms with Crippen LogP contribution in [0.3, 0.4) is 0 Å². The molecule has 2 fully saturated rings. The van der Waals surface area contributed by atoms with Crippen molar-refractivity contribution in [3.8, 4) is 0 Å². The number of nitrogens with zero attached hydrogens (tertiary/aromatic N) is 1. The van der Waals surface area contributed by atoms with Gasteiger partial charge in [0.05, 0.1) is 0 Å². The molecule has 2 saturated heterocycles. The van der Waals surface area contributed by atoms with Crippen LogP contribution in [0.15, 0.2) is 0 Å². The molecule has 2 aliphatic heterocycles. The minimum absolute atomic E-state index is 0.0936. The fourth-order valence-electron chi connectivity index (χ4n) is 2.24. The van der Waals surface area contributed by atoms with Crippen LogP contribution in [0.25, 0.3) is 0 Å². The summed E-state index contributed by atoms with van der Waals surface area (Å²) in [6, 6.07) is -0.299. The lowest BCUT2D eigenvalue weighted by Crippen LogP contribution is -2.48. The van der Waals surface area contributed by atoms with Gasteiger partial charge in [-0.3, -0.25) is 9.69 Å². The second-order valence-corrected chi connectivity index (χ2v) is 4.33. The van der Waals surface area contributed by atoms with Gasteiger partial charge in [0.25, 0.3) is 5.91 Å². The van der Waals surface area contributed by atoms with Crippen molar-refractivity contribution < 1.29 is 14.7 Å². The number of unbranched alkanes of at least 4 members (excludes halogenated alkanes) is 1. The van der Waals surface area contributed by atoms with Crippen molar-refractivity contribution in [3.63, 3.8) is 0 Å². The van der Waals surface area contributed by atoms with Gasteiger partial charge < -0.3 is 15.7 Å². The largest absolute Gasteiger partial charge is 0.396 e. The minimum atomic E-state index is -0.698. The average molecular weight is 227 g/mol. The fourth-order valence-corrected chi connectivity index (χ4v) is 2.24. The number of aliphatic hydroxyl groups is 1. The van der Waals surface area contributed by atoms with Crippen LogP contribution in [0.2, 0.25) is 0 Å². The number of nitrogens with one attached hydrogen (secondary N) is 2. The molecule has 2 aliphatic rings. The second-order valence-electron chi connectivity index (χ2n) is 4.33. The van der Waals surface area contributed by atoms with Crippen molar-refractivity contribution in [1.29, 1.82) is 0 Å². The third-order valence-electron chi connectivity index (χ3n) is 3.19. The molecule has 0 aliphatic carbocycles. The van der Waals surface area contributed by atoms with Gasteiger partial charge in [-0.1, -0.05) is 0 Å². The van der Waals surface area contributed by atoms with Crippen molar-refractivity contribution in [3.05, 3.63) is 0 Å². The molecule has 2 heterocycles. The van der Waals surface area contributed by atoms with Crippen molar-refractivity contribution in [2.45, 2.75) is 24.8 Å². The maximum Gasteiger partial charge on any atom is 0.325 e. The highest BCUT2D eigenvalue weighted by Gasteiger charge is 2.52. The molecule has 16 heavy (non-hydrogen) atoms. The molecule has 3 N–H and O–H groups in total. The van der Waals surface area contributed by atoms with E-state index in [2.05, 4.69) is 10.6 Å². The van der Waals surface area contributed by atoms with Gasteiger partial charge in [0.2, 0.25) is 0 Å². The van der Waals surface area contributed by atoms with E-state index >= 15 is 0 Å². The number of carbonyl (C=O) groups excluding carboxylic acids is 2. The smallest absolute Gasteiger partial charge is 0.325 e. The highest BCUT2D eigenvalue weighted by atomic mass is 16.3. The zero-order valence-electron chi connectivity index (χ0n) is 9.16. The van der Waals surface area contributed by atoms with E-state index in [1.807, 2.05) is 0 Å². The maximum absolute atomic E-state index is 12.1. The van der Waals surface area contributed by atoms with Crippen LogP contribution in [-0.4, -0.2) is 53.7 Å². The Balaban J connectivity index is 1.99. The molecule has 0 aromatic carbocycles. The van der Waals surface area contributed by atoms with Crippen LogP contribution >= 0.6 is 0 Å². The number of aliphatic hydroxyl groups excluding tert-OH is 1. The van der Waals surface area contributed by atoms with E-state index in [4.69, 9.17) is 5.11 Å². The molecular weight excluding hydrogens is 210 g/mol. The van der Waals surface area contributed by atoms with Gasteiger partial charge in [-0.15, -0.1) is 0 Å². The summed E-state index contributed by atoms with van der Waals surface area (Å²) in [7, 11) is 0. The third kappa shape index (κ3) is 1.78. The predicted octanol–water partition coefficient (Wildman–Crippen LogP) is -0.957. The van der Waals surface area contributed by atoms with Crippen LogP contribution in [-0.2, 0) is 4.79 Å². The number of urea groups is 1. The van der Waals surface area contributed by atoms with Gasteiger partial charge >= 0.3 is 6.03 Å². The third-order valence-corrected chi connectivity index (χ3v) is 3.19.